The van der Waals surface area contributed by atoms with Crippen LogP contribution in [0.1, 0.15) is 13.8 Å². The first-order chi connectivity index (χ1) is 8.24. The van der Waals surface area contributed by atoms with Gasteiger partial charge < -0.3 is 5.73 Å². The molecule has 0 saturated carbocycles. The van der Waals surface area contributed by atoms with Gasteiger partial charge >= 0.3 is 0 Å². The van der Waals surface area contributed by atoms with Crippen molar-refractivity contribution >= 4 is 15.5 Å². The smallest absolute Gasteiger partial charge is 0.269 e. The molecule has 7 heteroatoms. The lowest BCUT2D eigenvalue weighted by Crippen LogP contribution is -2.34. The SMILES string of the molecule is CC(C)C(N)CS(=O)(=O)c1ccc([N+](=O)[O-])cc1. The summed E-state index contributed by atoms with van der Waals surface area (Å²) in [5.41, 5.74) is 5.59. The van der Waals surface area contributed by atoms with Gasteiger partial charge in [0.05, 0.1) is 15.6 Å². The van der Waals surface area contributed by atoms with Gasteiger partial charge in [-0.1, -0.05) is 13.8 Å². The second kappa shape index (κ2) is 5.45. The standard InChI is InChI=1S/C11H16N2O4S/c1-8(2)11(12)7-18(16,17)10-5-3-9(4-6-10)13(14)15/h3-6,8,11H,7,12H2,1-2H3. The highest BCUT2D eigenvalue weighted by atomic mass is 32.2. The number of hydrogen-bond acceptors (Lipinski definition) is 5. The quantitative estimate of drug-likeness (QED) is 0.643. The lowest BCUT2D eigenvalue weighted by atomic mass is 10.1. The predicted molar refractivity (Wildman–Crippen MR) is 68.0 cm³/mol. The Hall–Kier alpha value is -1.47. The molecule has 0 spiro atoms. The van der Waals surface area contributed by atoms with Crippen molar-refractivity contribution in [1.29, 1.82) is 0 Å². The van der Waals surface area contributed by atoms with Crippen LogP contribution in [0.15, 0.2) is 29.2 Å². The number of nitrogens with two attached hydrogens (primary N) is 1. The summed E-state index contributed by atoms with van der Waals surface area (Å²) in [6, 6.07) is 4.37. The highest BCUT2D eigenvalue weighted by Gasteiger charge is 2.21. The van der Waals surface area contributed by atoms with Crippen LogP contribution in [-0.2, 0) is 9.84 Å². The molecule has 0 heterocycles. The van der Waals surface area contributed by atoms with E-state index in [0.717, 1.165) is 0 Å². The van der Waals surface area contributed by atoms with Gasteiger partial charge in [0.2, 0.25) is 0 Å². The fourth-order valence-corrected chi connectivity index (χ4v) is 2.95. The van der Waals surface area contributed by atoms with Crippen LogP contribution in [0.25, 0.3) is 0 Å². The lowest BCUT2D eigenvalue weighted by Gasteiger charge is -2.15. The van der Waals surface area contributed by atoms with Gasteiger partial charge in [-0.25, -0.2) is 8.42 Å². The Morgan fingerprint density at radius 2 is 1.78 bits per heavy atom. The maximum Gasteiger partial charge on any atom is 0.269 e. The number of sulfone groups is 1. The number of non-ortho nitro benzene ring substituents is 1. The van der Waals surface area contributed by atoms with E-state index in [9.17, 15) is 18.5 Å². The molecule has 0 radical (unpaired) electrons. The van der Waals surface area contributed by atoms with Crippen molar-refractivity contribution in [3.05, 3.63) is 34.4 Å². The maximum absolute atomic E-state index is 12.0. The number of rotatable bonds is 5. The van der Waals surface area contributed by atoms with Gasteiger partial charge in [-0.3, -0.25) is 10.1 Å². The zero-order chi connectivity index (χ0) is 13.9. The Balaban J connectivity index is 2.95. The van der Waals surface area contributed by atoms with Crippen molar-refractivity contribution in [2.24, 2.45) is 11.7 Å². The lowest BCUT2D eigenvalue weighted by molar-refractivity contribution is -0.384. The Labute approximate surface area is 106 Å². The summed E-state index contributed by atoms with van der Waals surface area (Å²) in [6.07, 6.45) is 0. The van der Waals surface area contributed by atoms with Crippen molar-refractivity contribution < 1.29 is 13.3 Å². The highest BCUT2D eigenvalue weighted by molar-refractivity contribution is 7.91. The Bertz CT molecular complexity index is 522. The molecule has 2 N–H and O–H groups in total. The molecule has 1 atom stereocenters. The normalized spacial score (nSPS) is 13.6. The Morgan fingerprint density at radius 1 is 1.28 bits per heavy atom. The predicted octanol–water partition coefficient (Wildman–Crippen LogP) is 1.35. The summed E-state index contributed by atoms with van der Waals surface area (Å²) >= 11 is 0. The molecule has 0 bridgehead atoms. The Morgan fingerprint density at radius 3 is 2.17 bits per heavy atom. The third-order valence-electron chi connectivity index (χ3n) is 2.67. The van der Waals surface area contributed by atoms with Crippen molar-refractivity contribution in [1.82, 2.24) is 0 Å². The van der Waals surface area contributed by atoms with E-state index in [1.54, 1.807) is 0 Å². The molecule has 0 aromatic heterocycles. The highest BCUT2D eigenvalue weighted by Crippen LogP contribution is 2.18. The topological polar surface area (TPSA) is 103 Å². The van der Waals surface area contributed by atoms with Crippen LogP contribution in [0.4, 0.5) is 5.69 Å². The molecule has 0 amide bonds. The molecule has 0 aliphatic rings. The second-order valence-corrected chi connectivity index (χ2v) is 6.47. The van der Waals surface area contributed by atoms with Crippen LogP contribution in [0.3, 0.4) is 0 Å². The first-order valence-electron chi connectivity index (χ1n) is 5.47. The van der Waals surface area contributed by atoms with E-state index in [1.807, 2.05) is 13.8 Å². The monoisotopic (exact) mass is 272 g/mol. The Kier molecular flexibility index (Phi) is 4.42. The summed E-state index contributed by atoms with van der Waals surface area (Å²) < 4.78 is 24.0. The molecule has 1 aromatic carbocycles. The third-order valence-corrected chi connectivity index (χ3v) is 4.49. The molecule has 6 nitrogen and oxygen atoms in total. The number of benzene rings is 1. The van der Waals surface area contributed by atoms with E-state index in [1.165, 1.54) is 24.3 Å². The summed E-state index contributed by atoms with van der Waals surface area (Å²) in [5.74, 6) is -0.111. The number of nitro groups is 1. The molecular weight excluding hydrogens is 256 g/mol. The van der Waals surface area contributed by atoms with E-state index in [-0.39, 0.29) is 22.3 Å². The summed E-state index contributed by atoms with van der Waals surface area (Å²) in [5, 5.41) is 10.5. The average molecular weight is 272 g/mol. The number of nitro benzene ring substituents is 1. The number of hydrogen-bond donors (Lipinski definition) is 1. The number of nitrogens with zero attached hydrogens (tertiary/aromatic N) is 1. The minimum absolute atomic E-state index is 0.0535. The summed E-state index contributed by atoms with van der Waals surface area (Å²) in [6.45, 7) is 3.69. The van der Waals surface area contributed by atoms with E-state index >= 15 is 0 Å². The van der Waals surface area contributed by atoms with Gasteiger partial charge in [-0.15, -0.1) is 0 Å². The van der Waals surface area contributed by atoms with Crippen molar-refractivity contribution in [3.63, 3.8) is 0 Å². The molecule has 100 valence electrons. The third kappa shape index (κ3) is 3.51. The maximum atomic E-state index is 12.0. The van der Waals surface area contributed by atoms with Gasteiger partial charge in [0.15, 0.2) is 9.84 Å². The van der Waals surface area contributed by atoms with E-state index < -0.39 is 20.8 Å². The zero-order valence-electron chi connectivity index (χ0n) is 10.2. The molecule has 1 rings (SSSR count). The van der Waals surface area contributed by atoms with Gasteiger partial charge in [0.1, 0.15) is 0 Å². The summed E-state index contributed by atoms with van der Waals surface area (Å²) in [7, 11) is -3.49. The molecule has 18 heavy (non-hydrogen) atoms. The van der Waals surface area contributed by atoms with Gasteiger partial charge in [-0.2, -0.15) is 0 Å². The van der Waals surface area contributed by atoms with Crippen molar-refractivity contribution in [2.45, 2.75) is 24.8 Å². The summed E-state index contributed by atoms with van der Waals surface area (Å²) in [4.78, 5) is 9.95. The molecule has 0 fully saturated rings. The van der Waals surface area contributed by atoms with E-state index in [4.69, 9.17) is 5.73 Å². The van der Waals surface area contributed by atoms with Crippen molar-refractivity contribution in [3.8, 4) is 0 Å². The van der Waals surface area contributed by atoms with Crippen LogP contribution in [0, 0.1) is 16.0 Å². The van der Waals surface area contributed by atoms with E-state index in [0.29, 0.717) is 0 Å². The molecule has 0 aliphatic heterocycles. The average Bonchev–Trinajstić information content (AvgIpc) is 2.28. The minimum Gasteiger partial charge on any atom is -0.327 e. The van der Waals surface area contributed by atoms with Crippen molar-refractivity contribution in [2.75, 3.05) is 5.75 Å². The van der Waals surface area contributed by atoms with Gasteiger partial charge in [-0.05, 0) is 18.1 Å². The van der Waals surface area contributed by atoms with Gasteiger partial charge in [0.25, 0.3) is 5.69 Å². The largest absolute Gasteiger partial charge is 0.327 e. The van der Waals surface area contributed by atoms with Crippen LogP contribution < -0.4 is 5.73 Å². The first kappa shape index (κ1) is 14.6. The van der Waals surface area contributed by atoms with Gasteiger partial charge in [0, 0.05) is 18.2 Å². The molecule has 1 aromatic rings. The van der Waals surface area contributed by atoms with E-state index in [2.05, 4.69) is 0 Å². The van der Waals surface area contributed by atoms with Crippen LogP contribution >= 0.6 is 0 Å². The fraction of sp³-hybridized carbons (Fsp3) is 0.455. The van der Waals surface area contributed by atoms with Crippen LogP contribution in [0.2, 0.25) is 0 Å². The fourth-order valence-electron chi connectivity index (χ4n) is 1.32. The molecular formula is C11H16N2O4S. The molecule has 0 aliphatic carbocycles. The van der Waals surface area contributed by atoms with Crippen LogP contribution in [-0.4, -0.2) is 25.1 Å². The second-order valence-electron chi connectivity index (χ2n) is 4.44. The van der Waals surface area contributed by atoms with Crippen LogP contribution in [0.5, 0.6) is 0 Å². The zero-order valence-corrected chi connectivity index (χ0v) is 11.1. The molecule has 1 unspecified atom stereocenters. The first-order valence-corrected chi connectivity index (χ1v) is 7.12. The molecule has 0 saturated heterocycles. The minimum atomic E-state index is -3.49.